The number of hydrogen-bond donors (Lipinski definition) is 1. The third-order valence-corrected chi connectivity index (χ3v) is 7.34. The van der Waals surface area contributed by atoms with E-state index < -0.39 is 5.41 Å². The van der Waals surface area contributed by atoms with E-state index in [-0.39, 0.29) is 11.8 Å². The second kappa shape index (κ2) is 8.88. The smallest absolute Gasteiger partial charge is 0.265 e. The minimum atomic E-state index is -0.488. The number of methoxy groups -OCH3 is 1. The molecular formula is C20H32N4O3S. The van der Waals surface area contributed by atoms with Crippen LogP contribution in [0.25, 0.3) is 0 Å². The highest BCUT2D eigenvalue weighted by molar-refractivity contribution is 7.13. The molecule has 2 fully saturated rings. The van der Waals surface area contributed by atoms with Gasteiger partial charge in [0.25, 0.3) is 5.91 Å². The zero-order chi connectivity index (χ0) is 20.3. The number of thiazole rings is 1. The van der Waals surface area contributed by atoms with Crippen molar-refractivity contribution in [3.8, 4) is 0 Å². The highest BCUT2D eigenvalue weighted by Gasteiger charge is 2.42. The molecule has 156 valence electrons. The molecule has 1 aromatic rings. The Bertz CT molecular complexity index is 714. The van der Waals surface area contributed by atoms with Gasteiger partial charge < -0.3 is 15.4 Å². The molecule has 2 N–H and O–H groups in total. The molecule has 1 atom stereocenters. The fourth-order valence-electron chi connectivity index (χ4n) is 4.61. The van der Waals surface area contributed by atoms with Crippen LogP contribution in [0.1, 0.15) is 52.5 Å². The fraction of sp³-hybridized carbons (Fsp3) is 0.750. The number of hydrogen-bond acceptors (Lipinski definition) is 6. The van der Waals surface area contributed by atoms with Gasteiger partial charge in [0.15, 0.2) is 0 Å². The highest BCUT2D eigenvalue weighted by Crippen LogP contribution is 2.36. The molecule has 3 rings (SSSR count). The molecule has 2 saturated heterocycles. The lowest BCUT2D eigenvalue weighted by Gasteiger charge is -2.46. The van der Waals surface area contributed by atoms with Crippen molar-refractivity contribution in [1.29, 1.82) is 0 Å². The number of aromatic nitrogens is 1. The van der Waals surface area contributed by atoms with Gasteiger partial charge in [-0.3, -0.25) is 14.5 Å². The van der Waals surface area contributed by atoms with Gasteiger partial charge in [0.2, 0.25) is 5.91 Å². The monoisotopic (exact) mass is 408 g/mol. The van der Waals surface area contributed by atoms with Crippen molar-refractivity contribution in [1.82, 2.24) is 14.8 Å². The third-order valence-electron chi connectivity index (χ3n) is 6.28. The molecular weight excluding hydrogens is 376 g/mol. The lowest BCUT2D eigenvalue weighted by Crippen LogP contribution is -2.56. The van der Waals surface area contributed by atoms with E-state index in [4.69, 9.17) is 10.5 Å². The van der Waals surface area contributed by atoms with Gasteiger partial charge in [-0.1, -0.05) is 0 Å². The van der Waals surface area contributed by atoms with Crippen LogP contribution in [0.15, 0.2) is 0 Å². The Morgan fingerprint density at radius 3 is 2.57 bits per heavy atom. The van der Waals surface area contributed by atoms with Crippen LogP contribution in [0, 0.1) is 19.3 Å². The summed E-state index contributed by atoms with van der Waals surface area (Å²) in [5.41, 5.74) is 6.14. The summed E-state index contributed by atoms with van der Waals surface area (Å²) in [6, 6.07) is 0.398. The van der Waals surface area contributed by atoms with Crippen molar-refractivity contribution in [2.45, 2.75) is 52.0 Å². The Morgan fingerprint density at radius 1 is 1.29 bits per heavy atom. The van der Waals surface area contributed by atoms with E-state index in [0.717, 1.165) is 60.9 Å². The summed E-state index contributed by atoms with van der Waals surface area (Å²) in [5.74, 6) is -0.107. The number of rotatable bonds is 6. The SMILES string of the molecule is COCCC1(C(N)=O)CCCN(C2CCN(C(=O)c3sc(C)nc3C)CC2)C1. The number of carbonyl (C=O) groups excluding carboxylic acids is 2. The predicted molar refractivity (Wildman–Crippen MR) is 109 cm³/mol. The maximum atomic E-state index is 12.8. The van der Waals surface area contributed by atoms with E-state index in [1.807, 2.05) is 18.7 Å². The van der Waals surface area contributed by atoms with Gasteiger partial charge in [0.05, 0.1) is 16.1 Å². The van der Waals surface area contributed by atoms with Crippen LogP contribution in [0.4, 0.5) is 0 Å². The molecule has 7 nitrogen and oxygen atoms in total. The van der Waals surface area contributed by atoms with Crippen LogP contribution in [0.2, 0.25) is 0 Å². The number of ether oxygens (including phenoxy) is 1. The minimum absolute atomic E-state index is 0.103. The van der Waals surface area contributed by atoms with Crippen molar-refractivity contribution in [3.63, 3.8) is 0 Å². The maximum Gasteiger partial charge on any atom is 0.265 e. The molecule has 28 heavy (non-hydrogen) atoms. The number of carbonyl (C=O) groups is 2. The second-order valence-corrected chi connectivity index (χ2v) is 9.34. The van der Waals surface area contributed by atoms with Crippen LogP contribution >= 0.6 is 11.3 Å². The van der Waals surface area contributed by atoms with Gasteiger partial charge in [-0.25, -0.2) is 4.98 Å². The largest absolute Gasteiger partial charge is 0.385 e. The Hall–Kier alpha value is -1.51. The number of primary amides is 1. The van der Waals surface area contributed by atoms with E-state index in [0.29, 0.717) is 25.6 Å². The molecule has 3 heterocycles. The summed E-state index contributed by atoms with van der Waals surface area (Å²) in [5, 5.41) is 0.933. The highest BCUT2D eigenvalue weighted by atomic mass is 32.1. The van der Waals surface area contributed by atoms with E-state index in [1.165, 1.54) is 11.3 Å². The number of amides is 2. The van der Waals surface area contributed by atoms with Gasteiger partial charge in [-0.05, 0) is 52.5 Å². The Kier molecular flexibility index (Phi) is 6.73. The number of aryl methyl sites for hydroxylation is 2. The van der Waals surface area contributed by atoms with Crippen molar-refractivity contribution in [3.05, 3.63) is 15.6 Å². The number of nitrogens with two attached hydrogens (primary N) is 1. The van der Waals surface area contributed by atoms with E-state index in [9.17, 15) is 9.59 Å². The average Bonchev–Trinajstić information content (AvgIpc) is 3.04. The molecule has 0 aromatic carbocycles. The molecule has 8 heteroatoms. The summed E-state index contributed by atoms with van der Waals surface area (Å²) in [7, 11) is 1.66. The van der Waals surface area contributed by atoms with Gasteiger partial charge in [0, 0.05) is 39.4 Å². The number of likely N-dealkylation sites (tertiary alicyclic amines) is 2. The lowest BCUT2D eigenvalue weighted by molar-refractivity contribution is -0.133. The first-order chi connectivity index (χ1) is 13.4. The summed E-state index contributed by atoms with van der Waals surface area (Å²) in [6.45, 7) is 7.59. The first kappa shape index (κ1) is 21.2. The third kappa shape index (κ3) is 4.39. The quantitative estimate of drug-likeness (QED) is 0.777. The molecule has 2 aliphatic rings. The van der Waals surface area contributed by atoms with Crippen molar-refractivity contribution in [2.24, 2.45) is 11.1 Å². The fourth-order valence-corrected chi connectivity index (χ4v) is 5.50. The molecule has 0 spiro atoms. The summed E-state index contributed by atoms with van der Waals surface area (Å²) in [4.78, 5) is 34.6. The van der Waals surface area contributed by atoms with Crippen LogP contribution < -0.4 is 5.73 Å². The molecule has 1 aromatic heterocycles. The zero-order valence-electron chi connectivity index (χ0n) is 17.2. The topological polar surface area (TPSA) is 88.8 Å². The van der Waals surface area contributed by atoms with E-state index in [1.54, 1.807) is 7.11 Å². The normalized spacial score (nSPS) is 24.5. The minimum Gasteiger partial charge on any atom is -0.385 e. The number of piperidine rings is 2. The summed E-state index contributed by atoms with van der Waals surface area (Å²) in [6.07, 6.45) is 4.36. The lowest BCUT2D eigenvalue weighted by atomic mass is 9.76. The second-order valence-electron chi connectivity index (χ2n) is 8.13. The standard InChI is InChI=1S/C20H32N4O3S/c1-14-17(28-15(2)22-14)18(25)23-10-5-16(6-11-23)24-9-4-7-20(13-24,19(21)26)8-12-27-3/h16H,4-13H2,1-3H3,(H2,21,26). The first-order valence-corrected chi connectivity index (χ1v) is 10.9. The van der Waals surface area contributed by atoms with E-state index in [2.05, 4.69) is 9.88 Å². The molecule has 0 radical (unpaired) electrons. The Labute approximate surface area is 171 Å². The van der Waals surface area contributed by atoms with Gasteiger partial charge in [-0.15, -0.1) is 11.3 Å². The van der Waals surface area contributed by atoms with Crippen molar-refractivity contribution >= 4 is 23.2 Å². The van der Waals surface area contributed by atoms with Gasteiger partial charge in [0.1, 0.15) is 4.88 Å². The Morgan fingerprint density at radius 2 is 2.00 bits per heavy atom. The molecule has 2 amide bonds. The average molecular weight is 409 g/mol. The molecule has 1 unspecified atom stereocenters. The van der Waals surface area contributed by atoms with Gasteiger partial charge in [-0.2, -0.15) is 0 Å². The van der Waals surface area contributed by atoms with Gasteiger partial charge >= 0.3 is 0 Å². The Balaban J connectivity index is 1.60. The van der Waals surface area contributed by atoms with Crippen LogP contribution in [0.5, 0.6) is 0 Å². The van der Waals surface area contributed by atoms with Crippen LogP contribution in [0.3, 0.4) is 0 Å². The molecule has 0 saturated carbocycles. The molecule has 0 aliphatic carbocycles. The molecule has 0 bridgehead atoms. The number of nitrogens with zero attached hydrogens (tertiary/aromatic N) is 3. The van der Waals surface area contributed by atoms with Crippen LogP contribution in [-0.4, -0.2) is 72.5 Å². The molecule has 2 aliphatic heterocycles. The van der Waals surface area contributed by atoms with Crippen molar-refractivity contribution in [2.75, 3.05) is 39.9 Å². The van der Waals surface area contributed by atoms with E-state index >= 15 is 0 Å². The summed E-state index contributed by atoms with van der Waals surface area (Å²) >= 11 is 1.48. The predicted octanol–water partition coefficient (Wildman–Crippen LogP) is 1.97. The zero-order valence-corrected chi connectivity index (χ0v) is 18.0. The summed E-state index contributed by atoms with van der Waals surface area (Å²) < 4.78 is 5.22. The van der Waals surface area contributed by atoms with Crippen LogP contribution in [-0.2, 0) is 9.53 Å². The maximum absolute atomic E-state index is 12.8. The first-order valence-electron chi connectivity index (χ1n) is 10.1. The van der Waals surface area contributed by atoms with Crippen molar-refractivity contribution < 1.29 is 14.3 Å².